The van der Waals surface area contributed by atoms with Crippen LogP contribution in [0.25, 0.3) is 0 Å². The summed E-state index contributed by atoms with van der Waals surface area (Å²) in [6.07, 6.45) is -4.75. The van der Waals surface area contributed by atoms with Gasteiger partial charge < -0.3 is 5.73 Å². The van der Waals surface area contributed by atoms with Gasteiger partial charge in [0.2, 0.25) is 15.9 Å². The van der Waals surface area contributed by atoms with Crippen LogP contribution >= 0.6 is 0 Å². The summed E-state index contributed by atoms with van der Waals surface area (Å²) in [5, 5.41) is 0. The van der Waals surface area contributed by atoms with Crippen molar-refractivity contribution in [3.8, 4) is 0 Å². The molecule has 1 heterocycles. The molecule has 23 heavy (non-hydrogen) atoms. The molecule has 1 aliphatic heterocycles. The van der Waals surface area contributed by atoms with E-state index in [0.717, 1.165) is 22.5 Å². The summed E-state index contributed by atoms with van der Waals surface area (Å²) >= 11 is 0. The smallest absolute Gasteiger partial charge is 0.369 e. The van der Waals surface area contributed by atoms with Crippen molar-refractivity contribution in [2.75, 3.05) is 32.7 Å². The van der Waals surface area contributed by atoms with E-state index in [2.05, 4.69) is 0 Å². The molecule has 1 fully saturated rings. The molecule has 1 aromatic carbocycles. The molecule has 128 valence electrons. The number of benzene rings is 1. The van der Waals surface area contributed by atoms with Crippen molar-refractivity contribution in [3.63, 3.8) is 0 Å². The molecule has 0 bridgehead atoms. The maximum Gasteiger partial charge on any atom is 0.417 e. The van der Waals surface area contributed by atoms with Crippen LogP contribution in [-0.2, 0) is 21.0 Å². The Hall–Kier alpha value is -1.65. The Labute approximate surface area is 131 Å². The number of carbonyl (C=O) groups is 1. The molecule has 0 saturated carbocycles. The number of carbonyl (C=O) groups excluding carboxylic acids is 1. The molecule has 1 aliphatic rings. The average molecular weight is 351 g/mol. The number of hydrogen-bond acceptors (Lipinski definition) is 4. The Kier molecular flexibility index (Phi) is 4.97. The lowest BCUT2D eigenvalue weighted by Gasteiger charge is -2.33. The summed E-state index contributed by atoms with van der Waals surface area (Å²) in [7, 11) is -4.26. The zero-order valence-electron chi connectivity index (χ0n) is 12.1. The van der Waals surface area contributed by atoms with Gasteiger partial charge in [-0.2, -0.15) is 17.5 Å². The van der Waals surface area contributed by atoms with Crippen molar-refractivity contribution >= 4 is 15.9 Å². The lowest BCUT2D eigenvalue weighted by molar-refractivity contribution is -0.140. The van der Waals surface area contributed by atoms with Crippen LogP contribution in [0.4, 0.5) is 13.2 Å². The van der Waals surface area contributed by atoms with Crippen LogP contribution in [0, 0.1) is 0 Å². The third kappa shape index (κ3) is 4.01. The number of nitrogens with two attached hydrogens (primary N) is 1. The SMILES string of the molecule is NC(=O)CN1CCN(S(=O)(=O)c2ccccc2C(F)(F)F)CC1. The number of amides is 1. The molecule has 0 atom stereocenters. The van der Waals surface area contributed by atoms with Crippen LogP contribution in [0.5, 0.6) is 0 Å². The summed E-state index contributed by atoms with van der Waals surface area (Å²) in [6.45, 7) is 0.462. The molecule has 2 rings (SSSR count). The van der Waals surface area contributed by atoms with Gasteiger partial charge in [-0.3, -0.25) is 9.69 Å². The molecular weight excluding hydrogens is 335 g/mol. The van der Waals surface area contributed by atoms with Crippen molar-refractivity contribution in [2.24, 2.45) is 5.73 Å². The number of primary amides is 1. The number of hydrogen-bond donors (Lipinski definition) is 1. The predicted octanol–water partition coefficient (Wildman–Crippen LogP) is 0.497. The van der Waals surface area contributed by atoms with E-state index in [1.54, 1.807) is 4.90 Å². The minimum absolute atomic E-state index is 0.00179. The number of sulfonamides is 1. The second-order valence-corrected chi connectivity index (χ2v) is 7.05. The zero-order valence-corrected chi connectivity index (χ0v) is 12.9. The number of nitrogens with zero attached hydrogens (tertiary/aromatic N) is 2. The Bertz CT molecular complexity index is 683. The van der Waals surface area contributed by atoms with Gasteiger partial charge in [0.05, 0.1) is 17.0 Å². The van der Waals surface area contributed by atoms with Crippen LogP contribution < -0.4 is 5.73 Å². The maximum atomic E-state index is 13.0. The Morgan fingerprint density at radius 1 is 1.13 bits per heavy atom. The monoisotopic (exact) mass is 351 g/mol. The van der Waals surface area contributed by atoms with E-state index in [4.69, 9.17) is 5.73 Å². The van der Waals surface area contributed by atoms with Gasteiger partial charge in [0.1, 0.15) is 0 Å². The summed E-state index contributed by atoms with van der Waals surface area (Å²) in [5.41, 5.74) is 3.88. The summed E-state index contributed by atoms with van der Waals surface area (Å²) < 4.78 is 65.0. The molecule has 0 spiro atoms. The van der Waals surface area contributed by atoms with Gasteiger partial charge >= 0.3 is 6.18 Å². The summed E-state index contributed by atoms with van der Waals surface area (Å²) in [6, 6.07) is 4.10. The van der Waals surface area contributed by atoms with Crippen LogP contribution in [0.2, 0.25) is 0 Å². The first-order valence-corrected chi connectivity index (χ1v) is 8.23. The maximum absolute atomic E-state index is 13.0. The van der Waals surface area contributed by atoms with Gasteiger partial charge in [-0.05, 0) is 12.1 Å². The van der Waals surface area contributed by atoms with Gasteiger partial charge in [0.25, 0.3) is 0 Å². The normalized spacial score (nSPS) is 18.0. The highest BCUT2D eigenvalue weighted by atomic mass is 32.2. The highest BCUT2D eigenvalue weighted by molar-refractivity contribution is 7.89. The molecule has 0 aliphatic carbocycles. The molecule has 0 aromatic heterocycles. The molecular formula is C13H16F3N3O3S. The molecule has 2 N–H and O–H groups in total. The fourth-order valence-corrected chi connectivity index (χ4v) is 4.05. The van der Waals surface area contributed by atoms with Crippen molar-refractivity contribution in [3.05, 3.63) is 29.8 Å². The van der Waals surface area contributed by atoms with Crippen LogP contribution in [0.3, 0.4) is 0 Å². The van der Waals surface area contributed by atoms with Gasteiger partial charge in [0.15, 0.2) is 0 Å². The van der Waals surface area contributed by atoms with Crippen LogP contribution in [0.1, 0.15) is 5.56 Å². The van der Waals surface area contributed by atoms with E-state index in [1.807, 2.05) is 0 Å². The van der Waals surface area contributed by atoms with Gasteiger partial charge in [-0.1, -0.05) is 12.1 Å². The summed E-state index contributed by atoms with van der Waals surface area (Å²) in [4.78, 5) is 11.7. The Balaban J connectivity index is 2.23. The molecule has 6 nitrogen and oxygen atoms in total. The van der Waals surface area contributed by atoms with Crippen molar-refractivity contribution in [1.29, 1.82) is 0 Å². The Morgan fingerprint density at radius 3 is 2.22 bits per heavy atom. The van der Waals surface area contributed by atoms with E-state index < -0.39 is 32.6 Å². The van der Waals surface area contributed by atoms with E-state index in [0.29, 0.717) is 0 Å². The third-order valence-corrected chi connectivity index (χ3v) is 5.48. The highest BCUT2D eigenvalue weighted by Gasteiger charge is 2.39. The van der Waals surface area contributed by atoms with Gasteiger partial charge in [0, 0.05) is 26.2 Å². The lowest BCUT2D eigenvalue weighted by Crippen LogP contribution is -2.50. The van der Waals surface area contributed by atoms with Gasteiger partial charge in [-0.25, -0.2) is 8.42 Å². The van der Waals surface area contributed by atoms with Crippen LogP contribution in [0.15, 0.2) is 29.2 Å². The number of alkyl halides is 3. The molecule has 1 saturated heterocycles. The van der Waals surface area contributed by atoms with E-state index in [-0.39, 0.29) is 32.7 Å². The first kappa shape index (κ1) is 17.7. The zero-order chi connectivity index (χ0) is 17.3. The van der Waals surface area contributed by atoms with Crippen molar-refractivity contribution in [1.82, 2.24) is 9.21 Å². The van der Waals surface area contributed by atoms with Crippen molar-refractivity contribution in [2.45, 2.75) is 11.1 Å². The predicted molar refractivity (Wildman–Crippen MR) is 75.8 cm³/mol. The van der Waals surface area contributed by atoms with Crippen LogP contribution in [-0.4, -0.2) is 56.3 Å². The second-order valence-electron chi connectivity index (χ2n) is 5.14. The van der Waals surface area contributed by atoms with Gasteiger partial charge in [-0.15, -0.1) is 0 Å². The van der Waals surface area contributed by atoms with E-state index in [1.165, 1.54) is 6.07 Å². The number of piperazine rings is 1. The number of halogens is 3. The second kappa shape index (κ2) is 6.46. The average Bonchev–Trinajstić information content (AvgIpc) is 2.46. The quantitative estimate of drug-likeness (QED) is 0.856. The standard InChI is InChI=1S/C13H16F3N3O3S/c14-13(15,16)10-3-1-2-4-11(10)23(21,22)19-7-5-18(6-8-19)9-12(17)20/h1-4H,5-9H2,(H2,17,20). The molecule has 0 radical (unpaired) electrons. The van der Waals surface area contributed by atoms with Crippen molar-refractivity contribution < 1.29 is 26.4 Å². The third-order valence-electron chi connectivity index (χ3n) is 3.52. The molecule has 1 amide bonds. The topological polar surface area (TPSA) is 83.7 Å². The first-order chi connectivity index (χ1) is 10.6. The highest BCUT2D eigenvalue weighted by Crippen LogP contribution is 2.35. The first-order valence-electron chi connectivity index (χ1n) is 6.79. The van der Waals surface area contributed by atoms with E-state index >= 15 is 0 Å². The minimum Gasteiger partial charge on any atom is -0.369 e. The summed E-state index contributed by atoms with van der Waals surface area (Å²) in [5.74, 6) is -0.538. The number of rotatable bonds is 4. The largest absolute Gasteiger partial charge is 0.417 e. The Morgan fingerprint density at radius 2 is 1.70 bits per heavy atom. The molecule has 1 aromatic rings. The van der Waals surface area contributed by atoms with E-state index in [9.17, 15) is 26.4 Å². The molecule has 0 unspecified atom stereocenters. The molecule has 10 heteroatoms. The minimum atomic E-state index is -4.75. The fourth-order valence-electron chi connectivity index (χ4n) is 2.41. The fraction of sp³-hybridized carbons (Fsp3) is 0.462. The lowest BCUT2D eigenvalue weighted by atomic mass is 10.2.